The first-order chi connectivity index (χ1) is 12.0. The average molecular weight is 576 g/mol. The smallest absolute Gasteiger partial charge is 0.255 e. The van der Waals surface area contributed by atoms with Crippen molar-refractivity contribution in [1.29, 1.82) is 0 Å². The summed E-state index contributed by atoms with van der Waals surface area (Å²) < 4.78 is 7.79. The van der Waals surface area contributed by atoms with E-state index in [1.165, 1.54) is 0 Å². The number of benzene rings is 3. The van der Waals surface area contributed by atoms with Crippen molar-refractivity contribution in [3.8, 4) is 11.5 Å². The molecule has 0 fully saturated rings. The molecule has 0 aromatic heterocycles. The van der Waals surface area contributed by atoms with Crippen LogP contribution in [0.25, 0.3) is 0 Å². The van der Waals surface area contributed by atoms with Gasteiger partial charge in [0.1, 0.15) is 11.5 Å². The van der Waals surface area contributed by atoms with E-state index in [4.69, 9.17) is 16.3 Å². The molecule has 0 aliphatic carbocycles. The van der Waals surface area contributed by atoms with Crippen molar-refractivity contribution in [2.45, 2.75) is 0 Å². The third kappa shape index (κ3) is 5.32. The molecule has 1 amide bonds. The zero-order valence-corrected chi connectivity index (χ0v) is 17.9. The van der Waals surface area contributed by atoms with Gasteiger partial charge < -0.3 is 10.1 Å². The van der Waals surface area contributed by atoms with Crippen LogP contribution < -0.4 is 10.1 Å². The van der Waals surface area contributed by atoms with Gasteiger partial charge in [-0.2, -0.15) is 0 Å². The highest BCUT2D eigenvalue weighted by Gasteiger charge is 2.08. The Balaban J connectivity index is 1.67. The number of hydrogen-bond donors (Lipinski definition) is 1. The maximum absolute atomic E-state index is 12.4. The van der Waals surface area contributed by atoms with Crippen LogP contribution in [-0.2, 0) is 0 Å². The zero-order valence-electron chi connectivity index (χ0n) is 12.8. The van der Waals surface area contributed by atoms with E-state index in [9.17, 15) is 4.79 Å². The van der Waals surface area contributed by atoms with Crippen molar-refractivity contribution in [2.24, 2.45) is 0 Å². The molecule has 25 heavy (non-hydrogen) atoms. The molecule has 0 atom stereocenters. The lowest BCUT2D eigenvalue weighted by Crippen LogP contribution is -2.12. The number of nitrogens with one attached hydrogen (secondary N) is 1. The van der Waals surface area contributed by atoms with E-state index >= 15 is 0 Å². The Hall–Kier alpha value is -1.32. The third-order valence-corrected chi connectivity index (χ3v) is 4.78. The van der Waals surface area contributed by atoms with Gasteiger partial charge in [0.2, 0.25) is 0 Å². The SMILES string of the molecule is O=C(Nc1ccc(Oc2ccc(Cl)cc2)cc1)c1cc(I)cc(I)c1. The number of carbonyl (C=O) groups excluding carboxylic acids is 1. The standard InChI is InChI=1S/C19H12ClI2NO2/c20-13-1-5-17(6-2-13)25-18-7-3-16(4-8-18)23-19(24)12-9-14(21)11-15(22)10-12/h1-11H,(H,23,24). The first-order valence-electron chi connectivity index (χ1n) is 7.30. The summed E-state index contributed by atoms with van der Waals surface area (Å²) in [5, 5.41) is 3.56. The highest BCUT2D eigenvalue weighted by Crippen LogP contribution is 2.24. The highest BCUT2D eigenvalue weighted by atomic mass is 127. The normalized spacial score (nSPS) is 10.4. The van der Waals surface area contributed by atoms with E-state index in [-0.39, 0.29) is 5.91 Å². The van der Waals surface area contributed by atoms with Crippen LogP contribution in [0.15, 0.2) is 66.7 Å². The Morgan fingerprint density at radius 1 is 0.840 bits per heavy atom. The molecule has 126 valence electrons. The van der Waals surface area contributed by atoms with Crippen LogP contribution in [-0.4, -0.2) is 5.91 Å². The maximum Gasteiger partial charge on any atom is 0.255 e. The third-order valence-electron chi connectivity index (χ3n) is 3.29. The molecule has 0 unspecified atom stereocenters. The van der Waals surface area contributed by atoms with Gasteiger partial charge in [0.05, 0.1) is 0 Å². The highest BCUT2D eigenvalue weighted by molar-refractivity contribution is 14.1. The predicted octanol–water partition coefficient (Wildman–Crippen LogP) is 6.59. The number of halogens is 3. The molecule has 3 aromatic carbocycles. The Kier molecular flexibility index (Phi) is 6.19. The molecule has 0 heterocycles. The monoisotopic (exact) mass is 575 g/mol. The largest absolute Gasteiger partial charge is 0.457 e. The first-order valence-corrected chi connectivity index (χ1v) is 9.84. The number of anilines is 1. The molecule has 0 bridgehead atoms. The number of carbonyl (C=O) groups is 1. The molecule has 0 saturated heterocycles. The molecule has 3 aromatic rings. The Morgan fingerprint density at radius 3 is 1.92 bits per heavy atom. The Morgan fingerprint density at radius 2 is 1.36 bits per heavy atom. The minimum Gasteiger partial charge on any atom is -0.457 e. The van der Waals surface area contributed by atoms with Crippen molar-refractivity contribution in [2.75, 3.05) is 5.32 Å². The summed E-state index contributed by atoms with van der Waals surface area (Å²) in [6, 6.07) is 20.1. The van der Waals surface area contributed by atoms with Crippen LogP contribution in [0.4, 0.5) is 5.69 Å². The number of amides is 1. The predicted molar refractivity (Wildman–Crippen MR) is 118 cm³/mol. The molecule has 0 aliphatic heterocycles. The molecular formula is C19H12ClI2NO2. The van der Waals surface area contributed by atoms with Gasteiger partial charge in [0.25, 0.3) is 5.91 Å². The topological polar surface area (TPSA) is 38.3 Å². The van der Waals surface area contributed by atoms with Crippen LogP contribution in [0.2, 0.25) is 5.02 Å². The summed E-state index contributed by atoms with van der Waals surface area (Å²) in [4.78, 5) is 12.4. The van der Waals surface area contributed by atoms with Gasteiger partial charge in [-0.1, -0.05) is 11.6 Å². The van der Waals surface area contributed by atoms with E-state index in [2.05, 4.69) is 50.5 Å². The molecule has 0 aliphatic rings. The van der Waals surface area contributed by atoms with E-state index in [1.54, 1.807) is 24.3 Å². The first kappa shape index (κ1) is 18.5. The van der Waals surface area contributed by atoms with E-state index in [1.807, 2.05) is 42.5 Å². The molecule has 0 spiro atoms. The van der Waals surface area contributed by atoms with E-state index < -0.39 is 0 Å². The van der Waals surface area contributed by atoms with Crippen LogP contribution in [0, 0.1) is 7.14 Å². The lowest BCUT2D eigenvalue weighted by Gasteiger charge is -2.09. The van der Waals surface area contributed by atoms with Crippen molar-refractivity contribution in [1.82, 2.24) is 0 Å². The van der Waals surface area contributed by atoms with Gasteiger partial charge >= 0.3 is 0 Å². The van der Waals surface area contributed by atoms with Crippen molar-refractivity contribution in [3.63, 3.8) is 0 Å². The average Bonchev–Trinajstić information content (AvgIpc) is 2.58. The minimum absolute atomic E-state index is 0.136. The fourth-order valence-corrected chi connectivity index (χ4v) is 4.20. The summed E-state index contributed by atoms with van der Waals surface area (Å²) >= 11 is 10.3. The molecule has 1 N–H and O–H groups in total. The number of ether oxygens (including phenoxy) is 1. The van der Waals surface area contributed by atoms with Gasteiger partial charge in [-0.3, -0.25) is 4.79 Å². The van der Waals surface area contributed by atoms with Gasteiger partial charge in [0.15, 0.2) is 0 Å². The number of hydrogen-bond acceptors (Lipinski definition) is 2. The molecule has 6 heteroatoms. The summed E-state index contributed by atoms with van der Waals surface area (Å²) in [7, 11) is 0. The van der Waals surface area contributed by atoms with Gasteiger partial charge in [-0.15, -0.1) is 0 Å². The quantitative estimate of drug-likeness (QED) is 0.357. The van der Waals surface area contributed by atoms with Gasteiger partial charge in [-0.25, -0.2) is 0 Å². The van der Waals surface area contributed by atoms with Gasteiger partial charge in [-0.05, 0) is 112 Å². The van der Waals surface area contributed by atoms with Crippen LogP contribution in [0.1, 0.15) is 10.4 Å². The second-order valence-electron chi connectivity index (χ2n) is 5.19. The minimum atomic E-state index is -0.136. The number of rotatable bonds is 4. The molecule has 0 saturated carbocycles. The summed E-state index contributed by atoms with van der Waals surface area (Å²) in [6.45, 7) is 0. The second kappa shape index (κ2) is 8.37. The molecular weight excluding hydrogens is 563 g/mol. The lowest BCUT2D eigenvalue weighted by atomic mass is 10.2. The Labute approximate surface area is 178 Å². The maximum atomic E-state index is 12.4. The summed E-state index contributed by atoms with van der Waals surface area (Å²) in [6.07, 6.45) is 0. The lowest BCUT2D eigenvalue weighted by molar-refractivity contribution is 0.102. The van der Waals surface area contributed by atoms with Crippen LogP contribution in [0.5, 0.6) is 11.5 Å². The molecule has 3 rings (SSSR count). The molecule has 3 nitrogen and oxygen atoms in total. The second-order valence-corrected chi connectivity index (χ2v) is 8.12. The summed E-state index contributed by atoms with van der Waals surface area (Å²) in [5.74, 6) is 1.25. The van der Waals surface area contributed by atoms with E-state index in [0.29, 0.717) is 27.8 Å². The van der Waals surface area contributed by atoms with Gasteiger partial charge in [0, 0.05) is 23.4 Å². The van der Waals surface area contributed by atoms with Crippen LogP contribution in [0.3, 0.4) is 0 Å². The molecule has 0 radical (unpaired) electrons. The van der Waals surface area contributed by atoms with Crippen molar-refractivity contribution in [3.05, 3.63) is 84.5 Å². The van der Waals surface area contributed by atoms with Crippen LogP contribution >= 0.6 is 56.8 Å². The fourth-order valence-electron chi connectivity index (χ4n) is 2.13. The summed E-state index contributed by atoms with van der Waals surface area (Å²) in [5.41, 5.74) is 1.35. The van der Waals surface area contributed by atoms with Crippen molar-refractivity contribution >= 4 is 68.4 Å². The van der Waals surface area contributed by atoms with E-state index in [0.717, 1.165) is 7.14 Å². The Bertz CT molecular complexity index is 876. The fraction of sp³-hybridized carbons (Fsp3) is 0. The zero-order chi connectivity index (χ0) is 17.8. The van der Waals surface area contributed by atoms with Crippen molar-refractivity contribution < 1.29 is 9.53 Å².